The highest BCUT2D eigenvalue weighted by Crippen LogP contribution is 2.68. The van der Waals surface area contributed by atoms with Crippen molar-refractivity contribution in [3.8, 4) is 0 Å². The Balaban J connectivity index is 1.98. The number of fused-ring (bicyclic) bond motifs is 1. The number of alkyl halides is 1. The average molecular weight is 586 g/mol. The van der Waals surface area contributed by atoms with Crippen molar-refractivity contribution in [1.29, 1.82) is 0 Å². The number of likely N-dealkylation sites (tertiary alicyclic amines) is 1. The molecule has 1 N–H and O–H groups in total. The van der Waals surface area contributed by atoms with Crippen molar-refractivity contribution < 1.29 is 24.2 Å². The zero-order chi connectivity index (χ0) is 26.7. The minimum atomic E-state index is -0.676. The second kappa shape index (κ2) is 12.0. The lowest BCUT2D eigenvalue weighted by Gasteiger charge is -2.42. The number of ether oxygens (including phenoxy) is 1. The molecule has 0 radical (unpaired) electrons. The number of rotatable bonds is 13. The Labute approximate surface area is 228 Å². The van der Waals surface area contributed by atoms with E-state index in [1.165, 1.54) is 0 Å². The van der Waals surface area contributed by atoms with E-state index in [1.54, 1.807) is 33.7 Å². The molecule has 7 nitrogen and oxygen atoms in total. The van der Waals surface area contributed by atoms with Gasteiger partial charge in [-0.25, -0.2) is 0 Å². The third-order valence-electron chi connectivity index (χ3n) is 7.56. The zero-order valence-electron chi connectivity index (χ0n) is 21.8. The SMILES string of the molecule is C=CCCOC(=O)[C@H]1[C@H]2C(=O)N(CCCCCCO)C(C(=O)N(CC=C)C(C)(C)C)C23CC(Br)[C@@H]1S3. The van der Waals surface area contributed by atoms with E-state index in [0.717, 1.165) is 25.7 Å². The van der Waals surface area contributed by atoms with E-state index in [1.807, 2.05) is 20.8 Å². The Hall–Kier alpha value is -1.32. The first-order valence-electron chi connectivity index (χ1n) is 13.0. The number of esters is 1. The van der Waals surface area contributed by atoms with Gasteiger partial charge >= 0.3 is 5.97 Å². The van der Waals surface area contributed by atoms with Crippen LogP contribution in [0, 0.1) is 11.8 Å². The Morgan fingerprint density at radius 2 is 1.94 bits per heavy atom. The van der Waals surface area contributed by atoms with Gasteiger partial charge in [-0.1, -0.05) is 40.9 Å². The summed E-state index contributed by atoms with van der Waals surface area (Å²) in [6, 6.07) is -0.645. The molecule has 0 aromatic carbocycles. The van der Waals surface area contributed by atoms with Crippen LogP contribution in [0.4, 0.5) is 0 Å². The molecule has 3 aliphatic rings. The normalized spacial score (nSPS) is 30.9. The van der Waals surface area contributed by atoms with Crippen molar-refractivity contribution in [2.24, 2.45) is 11.8 Å². The van der Waals surface area contributed by atoms with Crippen LogP contribution < -0.4 is 0 Å². The van der Waals surface area contributed by atoms with Gasteiger partial charge in [0.05, 0.1) is 23.2 Å². The van der Waals surface area contributed by atoms with Crippen LogP contribution in [0.3, 0.4) is 0 Å². The fourth-order valence-electron chi connectivity index (χ4n) is 5.98. The van der Waals surface area contributed by atoms with Crippen LogP contribution in [0.15, 0.2) is 25.3 Å². The van der Waals surface area contributed by atoms with Crippen molar-refractivity contribution in [3.63, 3.8) is 0 Å². The van der Waals surface area contributed by atoms with Gasteiger partial charge in [0.1, 0.15) is 6.04 Å². The molecular weight excluding hydrogens is 544 g/mol. The van der Waals surface area contributed by atoms with Gasteiger partial charge in [-0.2, -0.15) is 0 Å². The zero-order valence-corrected chi connectivity index (χ0v) is 24.2. The van der Waals surface area contributed by atoms with Gasteiger partial charge in [0.15, 0.2) is 0 Å². The number of thioether (sulfide) groups is 1. The molecule has 2 amide bonds. The first-order chi connectivity index (χ1) is 17.0. The van der Waals surface area contributed by atoms with Crippen LogP contribution in [-0.4, -0.2) is 85.4 Å². The average Bonchev–Trinajstić information content (AvgIpc) is 3.40. The lowest BCUT2D eigenvalue weighted by Crippen LogP contribution is -2.59. The molecule has 3 saturated heterocycles. The van der Waals surface area contributed by atoms with Crippen molar-refractivity contribution >= 4 is 45.5 Å². The summed E-state index contributed by atoms with van der Waals surface area (Å²) in [5.74, 6) is -1.70. The molecule has 0 aromatic rings. The van der Waals surface area contributed by atoms with Crippen molar-refractivity contribution in [1.82, 2.24) is 9.80 Å². The van der Waals surface area contributed by atoms with Crippen molar-refractivity contribution in [2.75, 3.05) is 26.3 Å². The van der Waals surface area contributed by atoms with Crippen LogP contribution in [0.2, 0.25) is 0 Å². The summed E-state index contributed by atoms with van der Waals surface area (Å²) in [4.78, 5) is 45.2. The maximum absolute atomic E-state index is 14.3. The molecule has 9 heteroatoms. The monoisotopic (exact) mass is 584 g/mol. The first kappa shape index (κ1) is 29.2. The van der Waals surface area contributed by atoms with Gasteiger partial charge in [-0.15, -0.1) is 24.9 Å². The molecule has 3 unspecified atom stereocenters. The second-order valence-electron chi connectivity index (χ2n) is 11.0. The highest BCUT2D eigenvalue weighted by atomic mass is 79.9. The van der Waals surface area contributed by atoms with Gasteiger partial charge in [-0.05, 0) is 46.5 Å². The number of aliphatic hydroxyl groups is 1. The number of hydrogen-bond acceptors (Lipinski definition) is 6. The molecule has 3 heterocycles. The van der Waals surface area contributed by atoms with E-state index in [4.69, 9.17) is 9.84 Å². The number of carbonyl (C=O) groups is 3. The van der Waals surface area contributed by atoms with Gasteiger partial charge < -0.3 is 19.6 Å². The van der Waals surface area contributed by atoms with Crippen LogP contribution in [-0.2, 0) is 19.1 Å². The summed E-state index contributed by atoms with van der Waals surface area (Å²) in [6.07, 6.45) is 7.83. The van der Waals surface area contributed by atoms with Gasteiger partial charge in [0, 0.05) is 35.3 Å². The molecular formula is C27H41BrN2O5S. The highest BCUT2D eigenvalue weighted by molar-refractivity contribution is 9.09. The number of halogens is 1. The summed E-state index contributed by atoms with van der Waals surface area (Å²) in [5, 5.41) is 8.99. The number of hydrogen-bond donors (Lipinski definition) is 1. The molecule has 0 aromatic heterocycles. The Kier molecular flexibility index (Phi) is 9.77. The number of carbonyl (C=O) groups excluding carboxylic acids is 3. The van der Waals surface area contributed by atoms with Crippen LogP contribution in [0.1, 0.15) is 59.3 Å². The van der Waals surface area contributed by atoms with E-state index < -0.39 is 28.2 Å². The number of unbranched alkanes of at least 4 members (excludes halogenated alkanes) is 3. The summed E-state index contributed by atoms with van der Waals surface area (Å²) < 4.78 is 4.89. The molecule has 3 aliphatic heterocycles. The molecule has 202 valence electrons. The molecule has 0 aliphatic carbocycles. The minimum absolute atomic E-state index is 0.0193. The molecule has 3 fully saturated rings. The molecule has 1 spiro atoms. The van der Waals surface area contributed by atoms with E-state index in [9.17, 15) is 14.4 Å². The predicted octanol–water partition coefficient (Wildman–Crippen LogP) is 3.94. The Morgan fingerprint density at radius 1 is 1.25 bits per heavy atom. The van der Waals surface area contributed by atoms with Gasteiger partial charge in [-0.3, -0.25) is 14.4 Å². The van der Waals surface area contributed by atoms with Crippen LogP contribution in [0.25, 0.3) is 0 Å². The lowest BCUT2D eigenvalue weighted by molar-refractivity contribution is -0.154. The van der Waals surface area contributed by atoms with Crippen LogP contribution >= 0.6 is 27.7 Å². The predicted molar refractivity (Wildman–Crippen MR) is 147 cm³/mol. The topological polar surface area (TPSA) is 87.1 Å². The number of nitrogens with zero attached hydrogens (tertiary/aromatic N) is 2. The maximum Gasteiger partial charge on any atom is 0.310 e. The van der Waals surface area contributed by atoms with E-state index in [-0.39, 0.29) is 41.1 Å². The number of aliphatic hydroxyl groups excluding tert-OH is 1. The number of amides is 2. The standard InChI is InChI=1S/C27H41BrN2O5S/c1-6-8-16-35-25(34)19-20-23(32)29(14-11-9-10-12-15-31)22(27(20)17-18(28)21(19)36-27)24(33)30(13-7-2)26(3,4)5/h6-7,18-22,31H,1-2,8-17H2,3-5H3/t18?,19-,20-,21-,22?,27?/m0/s1. The van der Waals surface area contributed by atoms with Gasteiger partial charge in [0.2, 0.25) is 11.8 Å². The van der Waals surface area contributed by atoms with Crippen molar-refractivity contribution in [2.45, 2.75) is 85.7 Å². The minimum Gasteiger partial charge on any atom is -0.465 e. The smallest absolute Gasteiger partial charge is 0.310 e. The molecule has 6 atom stereocenters. The molecule has 2 bridgehead atoms. The fourth-order valence-corrected chi connectivity index (χ4v) is 9.57. The van der Waals surface area contributed by atoms with E-state index in [2.05, 4.69) is 29.1 Å². The lowest BCUT2D eigenvalue weighted by atomic mass is 9.71. The third-order valence-corrected chi connectivity index (χ3v) is 10.8. The largest absolute Gasteiger partial charge is 0.465 e. The highest BCUT2D eigenvalue weighted by Gasteiger charge is 2.76. The van der Waals surface area contributed by atoms with Crippen molar-refractivity contribution in [3.05, 3.63) is 25.3 Å². The first-order valence-corrected chi connectivity index (χ1v) is 14.8. The quantitative estimate of drug-likeness (QED) is 0.153. The fraction of sp³-hybridized carbons (Fsp3) is 0.741. The van der Waals surface area contributed by atoms with Crippen LogP contribution in [0.5, 0.6) is 0 Å². The molecule has 3 rings (SSSR count). The summed E-state index contributed by atoms with van der Waals surface area (Å²) >= 11 is 5.42. The molecule has 0 saturated carbocycles. The maximum atomic E-state index is 14.3. The Bertz CT molecular complexity index is 862. The Morgan fingerprint density at radius 3 is 2.56 bits per heavy atom. The third kappa shape index (κ3) is 5.44. The summed E-state index contributed by atoms with van der Waals surface area (Å²) in [6.45, 7) is 14.7. The van der Waals surface area contributed by atoms with E-state index in [0.29, 0.717) is 25.9 Å². The second-order valence-corrected chi connectivity index (χ2v) is 13.7. The van der Waals surface area contributed by atoms with Gasteiger partial charge in [0.25, 0.3) is 0 Å². The van der Waals surface area contributed by atoms with E-state index >= 15 is 0 Å². The summed E-state index contributed by atoms with van der Waals surface area (Å²) in [5.41, 5.74) is -0.450. The summed E-state index contributed by atoms with van der Waals surface area (Å²) in [7, 11) is 0. The molecule has 36 heavy (non-hydrogen) atoms.